The Morgan fingerprint density at radius 3 is 2.87 bits per heavy atom. The van der Waals surface area contributed by atoms with Crippen molar-refractivity contribution in [2.24, 2.45) is 0 Å². The lowest BCUT2D eigenvalue weighted by molar-refractivity contribution is 0.325. The third-order valence-corrected chi connectivity index (χ3v) is 4.54. The lowest BCUT2D eigenvalue weighted by atomic mass is 10.0. The molecule has 0 amide bonds. The standard InChI is InChI=1S/C18H26N4O/c1-3-17-20-18-11-8-15(12-22(18)21-17)19-13(2)4-5-14-6-9-16(23)10-7-14/h6-7,9-10,13,15,19,23H,3-5,8,11-12H2,1-2H3/t13-,15+/m0/s1. The van der Waals surface area contributed by atoms with Crippen LogP contribution in [0.25, 0.3) is 0 Å². The number of nitrogens with one attached hydrogen (secondary N) is 1. The number of aromatic nitrogens is 3. The number of phenolic OH excluding ortho intramolecular Hbond substituents is 1. The molecule has 0 radical (unpaired) electrons. The molecule has 1 aliphatic rings. The van der Waals surface area contributed by atoms with E-state index in [2.05, 4.69) is 33.9 Å². The first-order valence-corrected chi connectivity index (χ1v) is 8.60. The van der Waals surface area contributed by atoms with Gasteiger partial charge in [0.25, 0.3) is 0 Å². The van der Waals surface area contributed by atoms with Gasteiger partial charge in [0, 0.05) is 24.9 Å². The highest BCUT2D eigenvalue weighted by molar-refractivity contribution is 5.25. The van der Waals surface area contributed by atoms with Crippen LogP contribution in [0.2, 0.25) is 0 Å². The average Bonchev–Trinajstić information content (AvgIpc) is 2.97. The minimum Gasteiger partial charge on any atom is -0.508 e. The van der Waals surface area contributed by atoms with Gasteiger partial charge in [-0.1, -0.05) is 19.1 Å². The topological polar surface area (TPSA) is 63.0 Å². The average molecular weight is 314 g/mol. The van der Waals surface area contributed by atoms with Crippen LogP contribution in [0.1, 0.15) is 43.9 Å². The predicted molar refractivity (Wildman–Crippen MR) is 90.5 cm³/mol. The summed E-state index contributed by atoms with van der Waals surface area (Å²) in [6.07, 6.45) is 5.16. The van der Waals surface area contributed by atoms with Gasteiger partial charge in [0.2, 0.25) is 0 Å². The molecule has 1 aliphatic heterocycles. The summed E-state index contributed by atoms with van der Waals surface area (Å²) < 4.78 is 2.08. The van der Waals surface area contributed by atoms with Gasteiger partial charge in [-0.05, 0) is 43.9 Å². The smallest absolute Gasteiger partial charge is 0.150 e. The molecule has 3 rings (SSSR count). The minimum atomic E-state index is 0.331. The molecule has 0 aliphatic carbocycles. The molecule has 2 heterocycles. The Labute approximate surface area is 137 Å². The highest BCUT2D eigenvalue weighted by atomic mass is 16.3. The molecule has 1 aromatic carbocycles. The van der Waals surface area contributed by atoms with Gasteiger partial charge in [0.15, 0.2) is 5.82 Å². The number of aromatic hydroxyl groups is 1. The first kappa shape index (κ1) is 16.0. The van der Waals surface area contributed by atoms with Gasteiger partial charge in [-0.25, -0.2) is 9.67 Å². The van der Waals surface area contributed by atoms with Crippen LogP contribution in [0, 0.1) is 0 Å². The molecule has 0 spiro atoms. The highest BCUT2D eigenvalue weighted by Gasteiger charge is 2.22. The Hall–Kier alpha value is -1.88. The number of aryl methyl sites for hydroxylation is 3. The number of nitrogens with zero attached hydrogens (tertiary/aromatic N) is 3. The van der Waals surface area contributed by atoms with Crippen molar-refractivity contribution in [3.8, 4) is 5.75 Å². The summed E-state index contributed by atoms with van der Waals surface area (Å²) in [4.78, 5) is 4.57. The molecule has 124 valence electrons. The summed E-state index contributed by atoms with van der Waals surface area (Å²) >= 11 is 0. The third-order valence-electron chi connectivity index (χ3n) is 4.54. The third kappa shape index (κ3) is 4.10. The Kier molecular flexibility index (Phi) is 4.96. The fourth-order valence-electron chi connectivity index (χ4n) is 3.18. The van der Waals surface area contributed by atoms with Gasteiger partial charge in [0.05, 0.1) is 6.54 Å². The first-order valence-electron chi connectivity index (χ1n) is 8.60. The van der Waals surface area contributed by atoms with Gasteiger partial charge in [-0.2, -0.15) is 5.10 Å². The van der Waals surface area contributed by atoms with Gasteiger partial charge in [-0.3, -0.25) is 0 Å². The van der Waals surface area contributed by atoms with Crippen molar-refractivity contribution in [2.45, 2.75) is 64.6 Å². The normalized spacial score (nSPS) is 18.6. The number of phenols is 1. The van der Waals surface area contributed by atoms with Crippen LogP contribution in [-0.2, 0) is 25.8 Å². The maximum Gasteiger partial charge on any atom is 0.150 e. The van der Waals surface area contributed by atoms with E-state index < -0.39 is 0 Å². The fourth-order valence-corrected chi connectivity index (χ4v) is 3.18. The van der Waals surface area contributed by atoms with E-state index in [9.17, 15) is 5.11 Å². The summed E-state index contributed by atoms with van der Waals surface area (Å²) in [6.45, 7) is 5.27. The molecule has 5 nitrogen and oxygen atoms in total. The molecule has 0 bridgehead atoms. The lowest BCUT2D eigenvalue weighted by Crippen LogP contribution is -2.42. The minimum absolute atomic E-state index is 0.331. The number of benzene rings is 1. The highest BCUT2D eigenvalue weighted by Crippen LogP contribution is 2.15. The van der Waals surface area contributed by atoms with E-state index in [4.69, 9.17) is 0 Å². The fraction of sp³-hybridized carbons (Fsp3) is 0.556. The monoisotopic (exact) mass is 314 g/mol. The van der Waals surface area contributed by atoms with Gasteiger partial charge < -0.3 is 10.4 Å². The van der Waals surface area contributed by atoms with E-state index in [1.807, 2.05) is 12.1 Å². The molecule has 2 aromatic rings. The number of hydrogen-bond donors (Lipinski definition) is 2. The molecule has 0 saturated heterocycles. The van der Waals surface area contributed by atoms with Crippen molar-refractivity contribution in [2.75, 3.05) is 0 Å². The van der Waals surface area contributed by atoms with Crippen molar-refractivity contribution in [1.82, 2.24) is 20.1 Å². The second-order valence-corrected chi connectivity index (χ2v) is 6.49. The summed E-state index contributed by atoms with van der Waals surface area (Å²) in [6, 6.07) is 8.44. The van der Waals surface area contributed by atoms with Crippen LogP contribution in [0.4, 0.5) is 0 Å². The number of hydrogen-bond acceptors (Lipinski definition) is 4. The molecule has 0 fully saturated rings. The maximum absolute atomic E-state index is 9.32. The van der Waals surface area contributed by atoms with Crippen molar-refractivity contribution >= 4 is 0 Å². The van der Waals surface area contributed by atoms with Crippen molar-refractivity contribution in [1.29, 1.82) is 0 Å². The zero-order valence-corrected chi connectivity index (χ0v) is 14.0. The summed E-state index contributed by atoms with van der Waals surface area (Å²) in [5, 5.41) is 17.6. The van der Waals surface area contributed by atoms with Crippen LogP contribution in [-0.4, -0.2) is 32.0 Å². The van der Waals surface area contributed by atoms with Crippen LogP contribution >= 0.6 is 0 Å². The molecule has 2 atom stereocenters. The van der Waals surface area contributed by atoms with Crippen molar-refractivity contribution in [3.63, 3.8) is 0 Å². The largest absolute Gasteiger partial charge is 0.508 e. The van der Waals surface area contributed by atoms with E-state index in [1.54, 1.807) is 12.1 Å². The quantitative estimate of drug-likeness (QED) is 0.860. The van der Waals surface area contributed by atoms with E-state index in [0.29, 0.717) is 17.8 Å². The Morgan fingerprint density at radius 1 is 1.35 bits per heavy atom. The first-order chi connectivity index (χ1) is 11.1. The second-order valence-electron chi connectivity index (χ2n) is 6.49. The van der Waals surface area contributed by atoms with E-state index >= 15 is 0 Å². The Balaban J connectivity index is 1.48. The van der Waals surface area contributed by atoms with Crippen LogP contribution in [0.3, 0.4) is 0 Å². The molecular weight excluding hydrogens is 288 g/mol. The van der Waals surface area contributed by atoms with E-state index in [0.717, 1.165) is 50.3 Å². The maximum atomic E-state index is 9.32. The molecule has 1 aromatic heterocycles. The summed E-state index contributed by atoms with van der Waals surface area (Å²) in [5.74, 6) is 2.43. The predicted octanol–water partition coefficient (Wildman–Crippen LogP) is 2.47. The Morgan fingerprint density at radius 2 is 2.13 bits per heavy atom. The molecule has 0 unspecified atom stereocenters. The van der Waals surface area contributed by atoms with Crippen LogP contribution in [0.15, 0.2) is 24.3 Å². The van der Waals surface area contributed by atoms with Gasteiger partial charge in [0.1, 0.15) is 11.6 Å². The molecule has 2 N–H and O–H groups in total. The number of fused-ring (bicyclic) bond motifs is 1. The van der Waals surface area contributed by atoms with Crippen LogP contribution in [0.5, 0.6) is 5.75 Å². The molecule has 23 heavy (non-hydrogen) atoms. The summed E-state index contributed by atoms with van der Waals surface area (Å²) in [7, 11) is 0. The van der Waals surface area contributed by atoms with E-state index in [-0.39, 0.29) is 0 Å². The molecule has 5 heteroatoms. The van der Waals surface area contributed by atoms with Crippen LogP contribution < -0.4 is 5.32 Å². The van der Waals surface area contributed by atoms with Gasteiger partial charge >= 0.3 is 0 Å². The Bertz CT molecular complexity index is 635. The zero-order chi connectivity index (χ0) is 16.2. The summed E-state index contributed by atoms with van der Waals surface area (Å²) in [5.41, 5.74) is 1.27. The molecule has 0 saturated carbocycles. The second kappa shape index (κ2) is 7.13. The SMILES string of the molecule is CCc1nc2n(n1)C[C@H](N[C@@H](C)CCc1ccc(O)cc1)CC2. The number of rotatable bonds is 6. The van der Waals surface area contributed by atoms with Crippen molar-refractivity contribution in [3.05, 3.63) is 41.5 Å². The van der Waals surface area contributed by atoms with Crippen molar-refractivity contribution < 1.29 is 5.11 Å². The lowest BCUT2D eigenvalue weighted by Gasteiger charge is -2.27. The van der Waals surface area contributed by atoms with E-state index in [1.165, 1.54) is 5.56 Å². The van der Waals surface area contributed by atoms with Gasteiger partial charge in [-0.15, -0.1) is 0 Å². The zero-order valence-electron chi connectivity index (χ0n) is 14.0. The molecular formula is C18H26N4O.